The number of nitrogens with two attached hydrogens (primary N) is 1. The molecule has 0 unspecified atom stereocenters. The first-order valence-corrected chi connectivity index (χ1v) is 8.77. The second-order valence-corrected chi connectivity index (χ2v) is 6.33. The monoisotopic (exact) mass is 360 g/mol. The third kappa shape index (κ3) is 4.01. The van der Waals surface area contributed by atoms with E-state index in [4.69, 9.17) is 5.73 Å². The molecular formula is C16H24N8O2. The van der Waals surface area contributed by atoms with Gasteiger partial charge >= 0.3 is 6.03 Å². The quantitative estimate of drug-likeness (QED) is 0.745. The van der Waals surface area contributed by atoms with Crippen LogP contribution in [0.3, 0.4) is 0 Å². The Hall–Kier alpha value is -2.91. The van der Waals surface area contributed by atoms with E-state index in [1.165, 1.54) is 0 Å². The lowest BCUT2D eigenvalue weighted by molar-refractivity contribution is -0.131. The van der Waals surface area contributed by atoms with Gasteiger partial charge in [0, 0.05) is 37.9 Å². The molecule has 0 aromatic carbocycles. The number of hydrogen-bond acceptors (Lipinski definition) is 5. The molecule has 0 radical (unpaired) electrons. The van der Waals surface area contributed by atoms with E-state index in [2.05, 4.69) is 32.0 Å². The fourth-order valence-corrected chi connectivity index (χ4v) is 3.32. The maximum Gasteiger partial charge on any atom is 0.312 e. The van der Waals surface area contributed by atoms with E-state index in [9.17, 15) is 9.59 Å². The van der Waals surface area contributed by atoms with Gasteiger partial charge in [-0.3, -0.25) is 4.79 Å². The summed E-state index contributed by atoms with van der Waals surface area (Å²) in [5.41, 5.74) is 5.01. The van der Waals surface area contributed by atoms with Crippen LogP contribution < -0.4 is 11.1 Å². The molecule has 1 saturated heterocycles. The first-order chi connectivity index (χ1) is 12.6. The number of urea groups is 1. The average molecular weight is 360 g/mol. The summed E-state index contributed by atoms with van der Waals surface area (Å²) in [5.74, 6) is 2.04. The van der Waals surface area contributed by atoms with Crippen molar-refractivity contribution in [1.29, 1.82) is 0 Å². The molecule has 0 spiro atoms. The summed E-state index contributed by atoms with van der Waals surface area (Å²) in [6.07, 6.45) is 7.06. The van der Waals surface area contributed by atoms with Crippen molar-refractivity contribution in [2.45, 2.75) is 38.8 Å². The van der Waals surface area contributed by atoms with Crippen molar-refractivity contribution in [2.75, 3.05) is 19.6 Å². The zero-order valence-corrected chi connectivity index (χ0v) is 14.8. The normalized spacial score (nSPS) is 15.2. The van der Waals surface area contributed by atoms with Crippen molar-refractivity contribution in [3.8, 4) is 0 Å². The zero-order valence-electron chi connectivity index (χ0n) is 14.8. The minimum atomic E-state index is -0.685. The molecule has 0 aliphatic carbocycles. The summed E-state index contributed by atoms with van der Waals surface area (Å²) in [4.78, 5) is 28.6. The van der Waals surface area contributed by atoms with Gasteiger partial charge in [0.2, 0.25) is 5.91 Å². The van der Waals surface area contributed by atoms with E-state index in [1.807, 2.05) is 10.8 Å². The van der Waals surface area contributed by atoms with Crippen molar-refractivity contribution in [3.63, 3.8) is 0 Å². The molecule has 3 heterocycles. The highest BCUT2D eigenvalue weighted by molar-refractivity contribution is 5.83. The Morgan fingerprint density at radius 1 is 1.31 bits per heavy atom. The third-order valence-corrected chi connectivity index (χ3v) is 4.68. The van der Waals surface area contributed by atoms with Crippen molar-refractivity contribution < 1.29 is 9.59 Å². The van der Waals surface area contributed by atoms with Crippen molar-refractivity contribution in [3.05, 3.63) is 30.4 Å². The number of nitrogens with one attached hydrogen (secondary N) is 1. The minimum Gasteiger partial charge on any atom is -0.352 e. The third-order valence-electron chi connectivity index (χ3n) is 4.68. The maximum absolute atomic E-state index is 12.1. The van der Waals surface area contributed by atoms with E-state index in [-0.39, 0.29) is 18.4 Å². The Balaban J connectivity index is 1.61. The van der Waals surface area contributed by atoms with Gasteiger partial charge in [-0.2, -0.15) is 0 Å². The highest BCUT2D eigenvalue weighted by atomic mass is 16.2. The second-order valence-electron chi connectivity index (χ2n) is 6.33. The molecule has 140 valence electrons. The Morgan fingerprint density at radius 2 is 2.08 bits per heavy atom. The van der Waals surface area contributed by atoms with Crippen LogP contribution in [-0.4, -0.2) is 60.8 Å². The number of carbonyl (C=O) groups is 2. The Bertz CT molecular complexity index is 746. The molecular weight excluding hydrogens is 336 g/mol. The lowest BCUT2D eigenvalue weighted by Crippen LogP contribution is -2.45. The molecule has 26 heavy (non-hydrogen) atoms. The van der Waals surface area contributed by atoms with Gasteiger partial charge < -0.3 is 25.1 Å². The number of aromatic nitrogens is 5. The molecule has 1 fully saturated rings. The van der Waals surface area contributed by atoms with Crippen LogP contribution in [-0.2, 0) is 17.9 Å². The van der Waals surface area contributed by atoms with Crippen molar-refractivity contribution in [2.24, 2.45) is 5.73 Å². The van der Waals surface area contributed by atoms with Crippen LogP contribution in [0, 0.1) is 0 Å². The van der Waals surface area contributed by atoms with Crippen LogP contribution in [0.4, 0.5) is 4.79 Å². The van der Waals surface area contributed by atoms with Crippen LogP contribution in [0.15, 0.2) is 18.7 Å². The van der Waals surface area contributed by atoms with E-state index in [0.29, 0.717) is 19.6 Å². The molecule has 1 aliphatic heterocycles. The number of piperidine rings is 1. The topological polar surface area (TPSA) is 124 Å². The lowest BCUT2D eigenvalue weighted by Gasteiger charge is -2.31. The average Bonchev–Trinajstić information content (AvgIpc) is 3.29. The summed E-state index contributed by atoms with van der Waals surface area (Å²) in [6, 6.07) is -0.685. The number of carbonyl (C=O) groups excluding carboxylic acids is 2. The Morgan fingerprint density at radius 3 is 2.69 bits per heavy atom. The molecule has 1 aliphatic rings. The van der Waals surface area contributed by atoms with E-state index in [1.54, 1.807) is 17.4 Å². The van der Waals surface area contributed by atoms with Gasteiger partial charge in [0.25, 0.3) is 0 Å². The molecule has 0 atom stereocenters. The number of primary amides is 1. The summed E-state index contributed by atoms with van der Waals surface area (Å²) >= 11 is 0. The van der Waals surface area contributed by atoms with Crippen LogP contribution in [0.1, 0.15) is 37.3 Å². The molecule has 2 aromatic rings. The molecule has 10 nitrogen and oxygen atoms in total. The molecule has 3 amide bonds. The highest BCUT2D eigenvalue weighted by Gasteiger charge is 2.27. The smallest absolute Gasteiger partial charge is 0.312 e. The number of hydrogen-bond donors (Lipinski definition) is 2. The molecule has 2 aromatic heterocycles. The van der Waals surface area contributed by atoms with Crippen LogP contribution in [0.2, 0.25) is 0 Å². The maximum atomic E-state index is 12.1. The molecule has 0 bridgehead atoms. The van der Waals surface area contributed by atoms with Crippen LogP contribution in [0.5, 0.6) is 0 Å². The fourth-order valence-electron chi connectivity index (χ4n) is 3.32. The predicted molar refractivity (Wildman–Crippen MR) is 93.2 cm³/mol. The van der Waals surface area contributed by atoms with Gasteiger partial charge in [-0.25, -0.2) is 9.78 Å². The number of nitrogens with zero attached hydrogens (tertiary/aromatic N) is 6. The Labute approximate surface area is 151 Å². The zero-order chi connectivity index (χ0) is 18.5. The number of imidazole rings is 1. The standard InChI is InChI=1S/C16H24N8O2/c1-2-24-13(10-22-8-5-18-11-22)20-21-15(24)12-3-6-23(7-4-12)14(25)9-19-16(17)26/h5,8,11-12H,2-4,6-7,9-10H2,1H3,(H3,17,19,26). The summed E-state index contributed by atoms with van der Waals surface area (Å²) in [7, 11) is 0. The van der Waals surface area contributed by atoms with Gasteiger partial charge in [0.05, 0.1) is 19.4 Å². The van der Waals surface area contributed by atoms with Gasteiger partial charge in [0.15, 0.2) is 5.82 Å². The SMILES string of the molecule is CCn1c(Cn2ccnc2)nnc1C1CCN(C(=O)CNC(N)=O)CC1. The van der Waals surface area contributed by atoms with Crippen molar-refractivity contribution >= 4 is 11.9 Å². The molecule has 3 N–H and O–H groups in total. The highest BCUT2D eigenvalue weighted by Crippen LogP contribution is 2.27. The molecule has 10 heteroatoms. The van der Waals surface area contributed by atoms with Crippen LogP contribution >= 0.6 is 0 Å². The number of likely N-dealkylation sites (tertiary alicyclic amines) is 1. The predicted octanol–water partition coefficient (Wildman–Crippen LogP) is -0.0829. The molecule has 3 rings (SSSR count). The first kappa shape index (κ1) is 17.9. The minimum absolute atomic E-state index is 0.0554. The van der Waals surface area contributed by atoms with E-state index in [0.717, 1.165) is 31.0 Å². The fraction of sp³-hybridized carbons (Fsp3) is 0.562. The van der Waals surface area contributed by atoms with Gasteiger partial charge in [-0.15, -0.1) is 10.2 Å². The summed E-state index contributed by atoms with van der Waals surface area (Å²) in [6.45, 7) is 4.73. The van der Waals surface area contributed by atoms with E-state index < -0.39 is 6.03 Å². The lowest BCUT2D eigenvalue weighted by atomic mass is 9.95. The summed E-state index contributed by atoms with van der Waals surface area (Å²) in [5, 5.41) is 11.1. The summed E-state index contributed by atoms with van der Waals surface area (Å²) < 4.78 is 4.11. The van der Waals surface area contributed by atoms with Gasteiger partial charge in [0.1, 0.15) is 5.82 Å². The van der Waals surface area contributed by atoms with Gasteiger partial charge in [-0.1, -0.05) is 0 Å². The van der Waals surface area contributed by atoms with E-state index >= 15 is 0 Å². The largest absolute Gasteiger partial charge is 0.352 e. The number of rotatable bonds is 6. The van der Waals surface area contributed by atoms with Gasteiger partial charge in [-0.05, 0) is 19.8 Å². The first-order valence-electron chi connectivity index (χ1n) is 8.77. The van der Waals surface area contributed by atoms with Crippen molar-refractivity contribution in [1.82, 2.24) is 34.5 Å². The molecule has 0 saturated carbocycles. The second kappa shape index (κ2) is 7.98. The Kier molecular flexibility index (Phi) is 5.49. The number of amides is 3. The van der Waals surface area contributed by atoms with Crippen LogP contribution in [0.25, 0.3) is 0 Å².